The van der Waals surface area contributed by atoms with E-state index in [1.165, 1.54) is 0 Å². The van der Waals surface area contributed by atoms with Gasteiger partial charge in [0.1, 0.15) is 0 Å². The quantitative estimate of drug-likeness (QED) is 0.624. The second-order valence-corrected chi connectivity index (χ2v) is 2.98. The Bertz CT molecular complexity index is 99.5. The highest BCUT2D eigenvalue weighted by molar-refractivity contribution is 4.71. The van der Waals surface area contributed by atoms with Crippen molar-refractivity contribution in [3.05, 3.63) is 0 Å². The molecule has 3 heteroatoms. The Kier molecular flexibility index (Phi) is 3.83. The van der Waals surface area contributed by atoms with E-state index >= 15 is 0 Å². The van der Waals surface area contributed by atoms with E-state index in [0.717, 1.165) is 25.9 Å². The average molecular weight is 160 g/mol. The minimum atomic E-state index is -0.472. The Balaban J connectivity index is 2.21. The first-order valence-electron chi connectivity index (χ1n) is 4.25. The zero-order chi connectivity index (χ0) is 8.10. The smallest absolute Gasteiger partial charge is 0.0834 e. The first-order valence-corrected chi connectivity index (χ1v) is 4.25. The summed E-state index contributed by atoms with van der Waals surface area (Å²) in [6.45, 7) is 0.800. The molecule has 0 aliphatic carbocycles. The predicted molar refractivity (Wildman–Crippen MR) is 41.3 cm³/mol. The molecule has 1 rings (SSSR count). The fourth-order valence-corrected chi connectivity index (χ4v) is 1.39. The van der Waals surface area contributed by atoms with Crippen molar-refractivity contribution in [3.8, 4) is 0 Å². The number of ether oxygens (including phenoxy) is 1. The van der Waals surface area contributed by atoms with Gasteiger partial charge in [0.05, 0.1) is 12.2 Å². The molecular formula is C8H16O3. The lowest BCUT2D eigenvalue weighted by atomic mass is 10.0. The highest BCUT2D eigenvalue weighted by Gasteiger charge is 2.21. The third-order valence-corrected chi connectivity index (χ3v) is 2.07. The van der Waals surface area contributed by atoms with Crippen LogP contribution in [-0.2, 0) is 4.74 Å². The van der Waals surface area contributed by atoms with Crippen molar-refractivity contribution in [3.63, 3.8) is 0 Å². The van der Waals surface area contributed by atoms with Crippen LogP contribution in [0, 0.1) is 0 Å². The van der Waals surface area contributed by atoms with Crippen molar-refractivity contribution < 1.29 is 14.9 Å². The van der Waals surface area contributed by atoms with Gasteiger partial charge in [-0.25, -0.2) is 0 Å². The van der Waals surface area contributed by atoms with Crippen molar-refractivity contribution in [2.45, 2.75) is 37.9 Å². The van der Waals surface area contributed by atoms with Crippen molar-refractivity contribution in [2.75, 3.05) is 13.2 Å². The Hall–Kier alpha value is -0.120. The van der Waals surface area contributed by atoms with Gasteiger partial charge >= 0.3 is 0 Å². The average Bonchev–Trinajstić information content (AvgIpc) is 2.07. The summed E-state index contributed by atoms with van der Waals surface area (Å²) in [7, 11) is 0. The van der Waals surface area contributed by atoms with Crippen LogP contribution in [0.5, 0.6) is 0 Å². The van der Waals surface area contributed by atoms with Gasteiger partial charge in [0, 0.05) is 13.2 Å². The van der Waals surface area contributed by atoms with Gasteiger partial charge in [0.15, 0.2) is 0 Å². The molecule has 2 atom stereocenters. The number of aliphatic hydroxyl groups excluding tert-OH is 2. The molecule has 0 spiro atoms. The molecule has 1 aliphatic heterocycles. The zero-order valence-corrected chi connectivity index (χ0v) is 6.70. The van der Waals surface area contributed by atoms with Gasteiger partial charge in [-0.05, 0) is 25.7 Å². The molecule has 2 unspecified atom stereocenters. The fourth-order valence-electron chi connectivity index (χ4n) is 1.39. The molecule has 1 aliphatic rings. The molecule has 11 heavy (non-hydrogen) atoms. The molecule has 0 radical (unpaired) electrons. The van der Waals surface area contributed by atoms with E-state index < -0.39 is 6.10 Å². The molecule has 1 heterocycles. The second kappa shape index (κ2) is 4.70. The Morgan fingerprint density at radius 1 is 1.45 bits per heavy atom. The summed E-state index contributed by atoms with van der Waals surface area (Å²) < 4.78 is 5.33. The lowest BCUT2D eigenvalue weighted by Gasteiger charge is -2.26. The van der Waals surface area contributed by atoms with E-state index in [4.69, 9.17) is 9.84 Å². The number of hydrogen-bond acceptors (Lipinski definition) is 3. The first kappa shape index (κ1) is 8.97. The van der Waals surface area contributed by atoms with Gasteiger partial charge in [-0.1, -0.05) is 0 Å². The van der Waals surface area contributed by atoms with Gasteiger partial charge < -0.3 is 14.9 Å². The summed E-state index contributed by atoms with van der Waals surface area (Å²) in [6, 6.07) is 0. The Morgan fingerprint density at radius 2 is 2.27 bits per heavy atom. The van der Waals surface area contributed by atoms with Crippen LogP contribution in [0.1, 0.15) is 25.7 Å². The van der Waals surface area contributed by atoms with Crippen molar-refractivity contribution in [2.24, 2.45) is 0 Å². The number of aliphatic hydroxyl groups is 2. The zero-order valence-electron chi connectivity index (χ0n) is 6.70. The highest BCUT2D eigenvalue weighted by atomic mass is 16.5. The second-order valence-electron chi connectivity index (χ2n) is 2.98. The summed E-state index contributed by atoms with van der Waals surface area (Å²) in [5.74, 6) is 0. The molecule has 0 aromatic carbocycles. The molecule has 2 N–H and O–H groups in total. The SMILES string of the molecule is OCCC(O)C1CCCCO1. The van der Waals surface area contributed by atoms with E-state index in [2.05, 4.69) is 0 Å². The number of rotatable bonds is 3. The van der Waals surface area contributed by atoms with Crippen LogP contribution < -0.4 is 0 Å². The maximum atomic E-state index is 9.39. The summed E-state index contributed by atoms with van der Waals surface area (Å²) >= 11 is 0. The fraction of sp³-hybridized carbons (Fsp3) is 1.00. The number of hydrogen-bond donors (Lipinski definition) is 2. The third kappa shape index (κ3) is 2.77. The molecule has 0 saturated carbocycles. The third-order valence-electron chi connectivity index (χ3n) is 2.07. The summed E-state index contributed by atoms with van der Waals surface area (Å²) in [6.07, 6.45) is 3.10. The van der Waals surface area contributed by atoms with E-state index in [9.17, 15) is 5.11 Å². The normalized spacial score (nSPS) is 28.4. The van der Waals surface area contributed by atoms with Gasteiger partial charge in [0.2, 0.25) is 0 Å². The minimum absolute atomic E-state index is 0.0316. The van der Waals surface area contributed by atoms with Gasteiger partial charge in [-0.2, -0.15) is 0 Å². The van der Waals surface area contributed by atoms with E-state index in [1.807, 2.05) is 0 Å². The maximum absolute atomic E-state index is 9.39. The van der Waals surface area contributed by atoms with Crippen LogP contribution in [0.4, 0.5) is 0 Å². The van der Waals surface area contributed by atoms with Crippen LogP contribution in [-0.4, -0.2) is 35.6 Å². The lowest BCUT2D eigenvalue weighted by Crippen LogP contribution is -2.32. The molecule has 0 bridgehead atoms. The van der Waals surface area contributed by atoms with Crippen molar-refractivity contribution in [1.82, 2.24) is 0 Å². The van der Waals surface area contributed by atoms with E-state index in [0.29, 0.717) is 6.42 Å². The van der Waals surface area contributed by atoms with Crippen LogP contribution >= 0.6 is 0 Å². The van der Waals surface area contributed by atoms with Crippen molar-refractivity contribution in [1.29, 1.82) is 0 Å². The van der Waals surface area contributed by atoms with E-state index in [1.54, 1.807) is 0 Å². The molecule has 1 saturated heterocycles. The molecule has 0 aromatic heterocycles. The van der Waals surface area contributed by atoms with Gasteiger partial charge in [-0.3, -0.25) is 0 Å². The Labute approximate surface area is 67.0 Å². The molecule has 1 fully saturated rings. The monoisotopic (exact) mass is 160 g/mol. The predicted octanol–water partition coefficient (Wildman–Crippen LogP) is 0.299. The Morgan fingerprint density at radius 3 is 2.82 bits per heavy atom. The minimum Gasteiger partial charge on any atom is -0.396 e. The summed E-state index contributed by atoms with van der Waals surface area (Å²) in [5.41, 5.74) is 0. The van der Waals surface area contributed by atoms with E-state index in [-0.39, 0.29) is 12.7 Å². The standard InChI is InChI=1S/C8H16O3/c9-5-4-7(10)8-3-1-2-6-11-8/h7-10H,1-6H2. The topological polar surface area (TPSA) is 49.7 Å². The van der Waals surface area contributed by atoms with Crippen LogP contribution in [0.15, 0.2) is 0 Å². The van der Waals surface area contributed by atoms with Crippen LogP contribution in [0.3, 0.4) is 0 Å². The molecule has 0 aromatic rings. The van der Waals surface area contributed by atoms with Gasteiger partial charge in [0.25, 0.3) is 0 Å². The highest BCUT2D eigenvalue weighted by Crippen LogP contribution is 2.17. The molecular weight excluding hydrogens is 144 g/mol. The molecule has 66 valence electrons. The van der Waals surface area contributed by atoms with Crippen molar-refractivity contribution >= 4 is 0 Å². The molecule has 3 nitrogen and oxygen atoms in total. The maximum Gasteiger partial charge on any atom is 0.0834 e. The summed E-state index contributed by atoms with van der Waals surface area (Å²) in [4.78, 5) is 0. The first-order chi connectivity index (χ1) is 5.34. The van der Waals surface area contributed by atoms with Crippen LogP contribution in [0.2, 0.25) is 0 Å². The van der Waals surface area contributed by atoms with Gasteiger partial charge in [-0.15, -0.1) is 0 Å². The lowest BCUT2D eigenvalue weighted by molar-refractivity contribution is -0.0681. The summed E-state index contributed by atoms with van der Waals surface area (Å²) in [5, 5.41) is 17.9. The van der Waals surface area contributed by atoms with Crippen LogP contribution in [0.25, 0.3) is 0 Å². The largest absolute Gasteiger partial charge is 0.396 e. The molecule has 0 amide bonds.